The van der Waals surface area contributed by atoms with Crippen LogP contribution in [-0.2, 0) is 5.41 Å². The van der Waals surface area contributed by atoms with E-state index in [0.29, 0.717) is 0 Å². The first-order valence-corrected chi connectivity index (χ1v) is 9.04. The van der Waals surface area contributed by atoms with Crippen LogP contribution in [0.1, 0.15) is 39.2 Å². The first-order chi connectivity index (χ1) is 11.2. The van der Waals surface area contributed by atoms with Gasteiger partial charge in [0.2, 0.25) is 0 Å². The van der Waals surface area contributed by atoms with E-state index in [1.807, 2.05) is 0 Å². The van der Waals surface area contributed by atoms with Gasteiger partial charge in [-0.2, -0.15) is 0 Å². The lowest BCUT2D eigenvalue weighted by atomic mass is 9.96. The van der Waals surface area contributed by atoms with Gasteiger partial charge >= 0.3 is 0 Å². The molecule has 4 nitrogen and oxygen atoms in total. The molecule has 0 radical (unpaired) electrons. The van der Waals surface area contributed by atoms with E-state index in [4.69, 9.17) is 4.99 Å². The van der Waals surface area contributed by atoms with Crippen LogP contribution in [0.2, 0.25) is 0 Å². The summed E-state index contributed by atoms with van der Waals surface area (Å²) in [6, 6.07) is 10.8. The van der Waals surface area contributed by atoms with Gasteiger partial charge in [0.15, 0.2) is 5.96 Å². The number of guanidine groups is 1. The third kappa shape index (κ3) is 5.24. The predicted molar refractivity (Wildman–Crippen MR) is 99.1 cm³/mol. The predicted octanol–water partition coefficient (Wildman–Crippen LogP) is 2.62. The van der Waals surface area contributed by atoms with Crippen LogP contribution >= 0.6 is 0 Å². The molecule has 1 aliphatic rings. The molecule has 0 aromatic heterocycles. The second-order valence-corrected chi connectivity index (χ2v) is 6.30. The molecular weight excluding hydrogens is 284 g/mol. The van der Waals surface area contributed by atoms with Crippen molar-refractivity contribution in [2.75, 3.05) is 39.3 Å². The number of nitrogens with zero attached hydrogens (tertiary/aromatic N) is 2. The molecular formula is C19H32N4. The van der Waals surface area contributed by atoms with Gasteiger partial charge in [0.1, 0.15) is 0 Å². The average Bonchev–Trinajstić information content (AvgIpc) is 3.38. The van der Waals surface area contributed by atoms with Crippen LogP contribution in [0.25, 0.3) is 0 Å². The van der Waals surface area contributed by atoms with Gasteiger partial charge in [0.05, 0.1) is 6.54 Å². The third-order valence-electron chi connectivity index (χ3n) is 4.74. The second kappa shape index (κ2) is 8.92. The summed E-state index contributed by atoms with van der Waals surface area (Å²) in [5, 5.41) is 6.83. The van der Waals surface area contributed by atoms with Gasteiger partial charge < -0.3 is 15.5 Å². The number of nitrogens with one attached hydrogen (secondary N) is 2. The molecule has 1 aromatic rings. The van der Waals surface area contributed by atoms with Crippen molar-refractivity contribution in [3.63, 3.8) is 0 Å². The summed E-state index contributed by atoms with van der Waals surface area (Å²) >= 11 is 0. The molecule has 0 saturated heterocycles. The van der Waals surface area contributed by atoms with Crippen molar-refractivity contribution >= 4 is 5.96 Å². The number of benzene rings is 1. The SMILES string of the molecule is CCNC(=NCC1(c2ccccc2)CC1)NCCN(CC)CC. The van der Waals surface area contributed by atoms with Crippen molar-refractivity contribution < 1.29 is 0 Å². The van der Waals surface area contributed by atoms with Crippen molar-refractivity contribution in [1.82, 2.24) is 15.5 Å². The monoisotopic (exact) mass is 316 g/mol. The molecule has 0 heterocycles. The van der Waals surface area contributed by atoms with Gasteiger partial charge in [0, 0.05) is 25.0 Å². The summed E-state index contributed by atoms with van der Waals surface area (Å²) in [4.78, 5) is 7.27. The zero-order valence-electron chi connectivity index (χ0n) is 14.9. The average molecular weight is 316 g/mol. The zero-order chi connectivity index (χ0) is 16.5. The summed E-state index contributed by atoms with van der Waals surface area (Å²) in [5.41, 5.74) is 1.71. The minimum atomic E-state index is 0.280. The fraction of sp³-hybridized carbons (Fsp3) is 0.632. The van der Waals surface area contributed by atoms with Crippen molar-refractivity contribution in [2.45, 2.75) is 39.0 Å². The van der Waals surface area contributed by atoms with E-state index < -0.39 is 0 Å². The molecule has 0 unspecified atom stereocenters. The minimum Gasteiger partial charge on any atom is -0.357 e. The molecule has 1 aromatic carbocycles. The lowest BCUT2D eigenvalue weighted by molar-refractivity contribution is 0.308. The van der Waals surface area contributed by atoms with Crippen LogP contribution in [0.15, 0.2) is 35.3 Å². The molecule has 2 rings (SSSR count). The van der Waals surface area contributed by atoms with Gasteiger partial charge in [-0.3, -0.25) is 4.99 Å². The normalized spacial score (nSPS) is 16.4. The largest absolute Gasteiger partial charge is 0.357 e. The Morgan fingerprint density at radius 2 is 1.78 bits per heavy atom. The van der Waals surface area contributed by atoms with Crippen LogP contribution in [-0.4, -0.2) is 50.1 Å². The highest BCUT2D eigenvalue weighted by Crippen LogP contribution is 2.48. The molecule has 23 heavy (non-hydrogen) atoms. The standard InChI is InChI=1S/C19H32N4/c1-4-20-18(21-14-15-23(5-2)6-3)22-16-19(12-13-19)17-10-8-7-9-11-17/h7-11H,4-6,12-16H2,1-3H3,(H2,20,21,22). The maximum atomic E-state index is 4.85. The minimum absolute atomic E-state index is 0.280. The molecule has 0 atom stereocenters. The van der Waals surface area contributed by atoms with E-state index in [1.54, 1.807) is 0 Å². The maximum Gasteiger partial charge on any atom is 0.191 e. The van der Waals surface area contributed by atoms with Crippen LogP contribution in [0.3, 0.4) is 0 Å². The fourth-order valence-electron chi connectivity index (χ4n) is 2.93. The van der Waals surface area contributed by atoms with E-state index in [1.165, 1.54) is 18.4 Å². The highest BCUT2D eigenvalue weighted by atomic mass is 15.2. The lowest BCUT2D eigenvalue weighted by Crippen LogP contribution is -2.42. The summed E-state index contributed by atoms with van der Waals surface area (Å²) < 4.78 is 0. The molecule has 1 aliphatic carbocycles. The van der Waals surface area contributed by atoms with Gasteiger partial charge in [-0.15, -0.1) is 0 Å². The highest BCUT2D eigenvalue weighted by Gasteiger charge is 2.43. The molecule has 2 N–H and O–H groups in total. The Bertz CT molecular complexity index is 475. The van der Waals surface area contributed by atoms with Crippen LogP contribution in [0.5, 0.6) is 0 Å². The molecule has 0 spiro atoms. The summed E-state index contributed by atoms with van der Waals surface area (Å²) in [6.07, 6.45) is 2.50. The molecule has 4 heteroatoms. The van der Waals surface area contributed by atoms with E-state index in [0.717, 1.165) is 45.2 Å². The first-order valence-electron chi connectivity index (χ1n) is 9.04. The van der Waals surface area contributed by atoms with Crippen LogP contribution < -0.4 is 10.6 Å². The Hall–Kier alpha value is -1.55. The Balaban J connectivity index is 1.89. The highest BCUT2D eigenvalue weighted by molar-refractivity contribution is 5.79. The van der Waals surface area contributed by atoms with E-state index in [-0.39, 0.29) is 5.41 Å². The van der Waals surface area contributed by atoms with Crippen molar-refractivity contribution in [3.05, 3.63) is 35.9 Å². The Kier molecular flexibility index (Phi) is 6.90. The van der Waals surface area contributed by atoms with Crippen LogP contribution in [0, 0.1) is 0 Å². The number of likely N-dealkylation sites (N-methyl/N-ethyl adjacent to an activating group) is 1. The lowest BCUT2D eigenvalue weighted by Gasteiger charge is -2.20. The first kappa shape index (κ1) is 17.8. The summed E-state index contributed by atoms with van der Waals surface area (Å²) in [7, 11) is 0. The molecule has 0 bridgehead atoms. The topological polar surface area (TPSA) is 39.7 Å². The quantitative estimate of drug-likeness (QED) is 0.543. The van der Waals surface area contributed by atoms with E-state index >= 15 is 0 Å². The number of aliphatic imine (C=N–C) groups is 1. The maximum absolute atomic E-state index is 4.85. The van der Waals surface area contributed by atoms with Crippen molar-refractivity contribution in [1.29, 1.82) is 0 Å². The third-order valence-corrected chi connectivity index (χ3v) is 4.74. The smallest absolute Gasteiger partial charge is 0.191 e. The number of hydrogen-bond donors (Lipinski definition) is 2. The van der Waals surface area contributed by atoms with Gasteiger partial charge in [-0.1, -0.05) is 44.2 Å². The molecule has 128 valence electrons. The Labute approximate surface area is 141 Å². The zero-order valence-corrected chi connectivity index (χ0v) is 14.9. The Morgan fingerprint density at radius 3 is 2.35 bits per heavy atom. The van der Waals surface area contributed by atoms with Crippen molar-refractivity contribution in [3.8, 4) is 0 Å². The molecule has 0 amide bonds. The number of hydrogen-bond acceptors (Lipinski definition) is 2. The van der Waals surface area contributed by atoms with Crippen molar-refractivity contribution in [2.24, 2.45) is 4.99 Å². The summed E-state index contributed by atoms with van der Waals surface area (Å²) in [6.45, 7) is 12.5. The molecule has 0 aliphatic heterocycles. The Morgan fingerprint density at radius 1 is 1.09 bits per heavy atom. The van der Waals surface area contributed by atoms with E-state index in [9.17, 15) is 0 Å². The fourth-order valence-corrected chi connectivity index (χ4v) is 2.93. The summed E-state index contributed by atoms with van der Waals surface area (Å²) in [5.74, 6) is 0.946. The molecule has 1 saturated carbocycles. The van der Waals surface area contributed by atoms with Gasteiger partial charge in [-0.25, -0.2) is 0 Å². The number of rotatable bonds is 9. The van der Waals surface area contributed by atoms with E-state index in [2.05, 4.69) is 66.6 Å². The van der Waals surface area contributed by atoms with Crippen LogP contribution in [0.4, 0.5) is 0 Å². The molecule has 1 fully saturated rings. The van der Waals surface area contributed by atoms with Gasteiger partial charge in [0.25, 0.3) is 0 Å². The second-order valence-electron chi connectivity index (χ2n) is 6.30. The van der Waals surface area contributed by atoms with Gasteiger partial charge in [-0.05, 0) is 38.4 Å².